The van der Waals surface area contributed by atoms with Gasteiger partial charge in [-0.3, -0.25) is 4.79 Å². The Labute approximate surface area is 145 Å². The Kier molecular flexibility index (Phi) is 6.22. The van der Waals surface area contributed by atoms with E-state index in [0.717, 1.165) is 0 Å². The largest absolute Gasteiger partial charge is 0.492 e. The van der Waals surface area contributed by atoms with Crippen molar-refractivity contribution < 1.29 is 23.8 Å². The fourth-order valence-corrected chi connectivity index (χ4v) is 2.09. The number of para-hydroxylation sites is 2. The number of ether oxygens (including phenoxy) is 3. The predicted octanol–water partition coefficient (Wildman–Crippen LogP) is 2.47. The second-order valence-corrected chi connectivity index (χ2v) is 5.01. The molecule has 2 rings (SSSR count). The Morgan fingerprint density at radius 3 is 2.56 bits per heavy atom. The van der Waals surface area contributed by atoms with E-state index < -0.39 is 5.97 Å². The van der Waals surface area contributed by atoms with Gasteiger partial charge in [-0.15, -0.1) is 0 Å². The number of rotatable bonds is 7. The molecule has 3 N–H and O–H groups in total. The number of nitrogens with two attached hydrogens (primary N) is 1. The van der Waals surface area contributed by atoms with Crippen molar-refractivity contribution in [2.45, 2.75) is 6.92 Å². The number of nitrogen functional groups attached to an aromatic ring is 1. The molecule has 132 valence electrons. The SMILES string of the molecule is CCOc1ccccc1NC(=O)COc1cc(C(=O)OC)ccc1N. The molecule has 0 radical (unpaired) electrons. The summed E-state index contributed by atoms with van der Waals surface area (Å²) in [5.74, 6) is -0.0864. The zero-order valence-corrected chi connectivity index (χ0v) is 14.1. The summed E-state index contributed by atoms with van der Waals surface area (Å²) in [6.45, 7) is 2.08. The van der Waals surface area contributed by atoms with Crippen LogP contribution in [0.25, 0.3) is 0 Å². The lowest BCUT2D eigenvalue weighted by atomic mass is 10.2. The Morgan fingerprint density at radius 2 is 1.84 bits per heavy atom. The van der Waals surface area contributed by atoms with Gasteiger partial charge in [-0.05, 0) is 37.3 Å². The van der Waals surface area contributed by atoms with Crippen LogP contribution in [0.1, 0.15) is 17.3 Å². The van der Waals surface area contributed by atoms with Crippen molar-refractivity contribution in [3.8, 4) is 11.5 Å². The Balaban J connectivity index is 2.02. The van der Waals surface area contributed by atoms with Crippen LogP contribution in [-0.2, 0) is 9.53 Å². The third-order valence-electron chi connectivity index (χ3n) is 3.25. The minimum atomic E-state index is -0.514. The zero-order valence-electron chi connectivity index (χ0n) is 14.1. The van der Waals surface area contributed by atoms with Crippen molar-refractivity contribution in [3.05, 3.63) is 48.0 Å². The standard InChI is InChI=1S/C18H20N2O5/c1-3-24-15-7-5-4-6-14(15)20-17(21)11-25-16-10-12(18(22)23-2)8-9-13(16)19/h4-10H,3,11,19H2,1-2H3,(H,20,21). The molecule has 2 aromatic carbocycles. The quantitative estimate of drug-likeness (QED) is 0.591. The summed E-state index contributed by atoms with van der Waals surface area (Å²) in [4.78, 5) is 23.6. The van der Waals surface area contributed by atoms with E-state index in [-0.39, 0.29) is 23.8 Å². The molecule has 1 amide bonds. The number of hydrogen-bond acceptors (Lipinski definition) is 6. The van der Waals surface area contributed by atoms with E-state index >= 15 is 0 Å². The molecule has 7 nitrogen and oxygen atoms in total. The molecule has 0 aromatic heterocycles. The molecule has 0 heterocycles. The molecule has 7 heteroatoms. The summed E-state index contributed by atoms with van der Waals surface area (Å²) in [6.07, 6.45) is 0. The average molecular weight is 344 g/mol. The van der Waals surface area contributed by atoms with Gasteiger partial charge in [0.25, 0.3) is 5.91 Å². The van der Waals surface area contributed by atoms with E-state index in [4.69, 9.17) is 15.2 Å². The predicted molar refractivity (Wildman–Crippen MR) is 93.9 cm³/mol. The number of anilines is 2. The smallest absolute Gasteiger partial charge is 0.337 e. The number of hydrogen-bond donors (Lipinski definition) is 2. The van der Waals surface area contributed by atoms with Gasteiger partial charge in [-0.25, -0.2) is 4.79 Å². The van der Waals surface area contributed by atoms with E-state index in [9.17, 15) is 9.59 Å². The van der Waals surface area contributed by atoms with Crippen LogP contribution in [0.4, 0.5) is 11.4 Å². The molecule has 0 saturated carbocycles. The Morgan fingerprint density at radius 1 is 1.08 bits per heavy atom. The van der Waals surface area contributed by atoms with Gasteiger partial charge in [0.2, 0.25) is 0 Å². The van der Waals surface area contributed by atoms with E-state index in [2.05, 4.69) is 10.1 Å². The molecule has 2 aromatic rings. The molecular formula is C18H20N2O5. The Hall–Kier alpha value is -3.22. The van der Waals surface area contributed by atoms with E-state index in [1.165, 1.54) is 25.3 Å². The number of benzene rings is 2. The average Bonchev–Trinajstić information content (AvgIpc) is 2.62. The minimum Gasteiger partial charge on any atom is -0.492 e. The Bertz CT molecular complexity index is 761. The van der Waals surface area contributed by atoms with Gasteiger partial charge >= 0.3 is 5.97 Å². The maximum absolute atomic E-state index is 12.1. The molecule has 0 atom stereocenters. The molecule has 0 aliphatic carbocycles. The highest BCUT2D eigenvalue weighted by atomic mass is 16.5. The van der Waals surface area contributed by atoms with Crippen molar-refractivity contribution in [1.82, 2.24) is 0 Å². The highest BCUT2D eigenvalue weighted by Gasteiger charge is 2.12. The molecule has 0 saturated heterocycles. The molecule has 0 unspecified atom stereocenters. The third kappa shape index (κ3) is 4.87. The van der Waals surface area contributed by atoms with Crippen LogP contribution in [0.2, 0.25) is 0 Å². The van der Waals surface area contributed by atoms with Crippen molar-refractivity contribution in [1.29, 1.82) is 0 Å². The fraction of sp³-hybridized carbons (Fsp3) is 0.222. The van der Waals surface area contributed by atoms with E-state index in [1.54, 1.807) is 18.2 Å². The van der Waals surface area contributed by atoms with Gasteiger partial charge in [0.05, 0.1) is 30.7 Å². The topological polar surface area (TPSA) is 99.9 Å². The van der Waals surface area contributed by atoms with Gasteiger partial charge in [0.1, 0.15) is 11.5 Å². The summed E-state index contributed by atoms with van der Waals surface area (Å²) in [7, 11) is 1.28. The van der Waals surface area contributed by atoms with Crippen LogP contribution >= 0.6 is 0 Å². The number of amides is 1. The van der Waals surface area contributed by atoms with Gasteiger partial charge in [-0.1, -0.05) is 12.1 Å². The van der Waals surface area contributed by atoms with Crippen molar-refractivity contribution in [2.75, 3.05) is 31.4 Å². The summed E-state index contributed by atoms with van der Waals surface area (Å²) >= 11 is 0. The maximum Gasteiger partial charge on any atom is 0.337 e. The number of carbonyl (C=O) groups is 2. The first kappa shape index (κ1) is 18.1. The molecule has 0 bridgehead atoms. The molecular weight excluding hydrogens is 324 g/mol. The monoisotopic (exact) mass is 344 g/mol. The zero-order chi connectivity index (χ0) is 18.2. The summed E-state index contributed by atoms with van der Waals surface area (Å²) < 4.78 is 15.5. The first-order valence-corrected chi connectivity index (χ1v) is 7.67. The van der Waals surface area contributed by atoms with Crippen molar-refractivity contribution in [2.24, 2.45) is 0 Å². The van der Waals surface area contributed by atoms with Gasteiger partial charge in [-0.2, -0.15) is 0 Å². The van der Waals surface area contributed by atoms with Crippen LogP contribution in [0.5, 0.6) is 11.5 Å². The molecule has 0 fully saturated rings. The van der Waals surface area contributed by atoms with Crippen LogP contribution < -0.4 is 20.5 Å². The highest BCUT2D eigenvalue weighted by Crippen LogP contribution is 2.25. The van der Waals surface area contributed by atoms with Gasteiger partial charge in [0.15, 0.2) is 6.61 Å². The lowest BCUT2D eigenvalue weighted by Crippen LogP contribution is -2.21. The first-order chi connectivity index (χ1) is 12.0. The third-order valence-corrected chi connectivity index (χ3v) is 3.25. The normalized spacial score (nSPS) is 10.0. The molecule has 0 aliphatic heterocycles. The number of methoxy groups -OCH3 is 1. The summed E-state index contributed by atoms with van der Waals surface area (Å²) in [5.41, 5.74) is 6.96. The molecule has 0 aliphatic rings. The summed E-state index contributed by atoms with van der Waals surface area (Å²) in [6, 6.07) is 11.6. The maximum atomic E-state index is 12.1. The molecule has 25 heavy (non-hydrogen) atoms. The number of nitrogens with one attached hydrogen (secondary N) is 1. The lowest BCUT2D eigenvalue weighted by Gasteiger charge is -2.13. The van der Waals surface area contributed by atoms with Gasteiger partial charge < -0.3 is 25.3 Å². The summed E-state index contributed by atoms with van der Waals surface area (Å²) in [5, 5.41) is 2.71. The van der Waals surface area contributed by atoms with Crippen LogP contribution in [-0.4, -0.2) is 32.2 Å². The van der Waals surface area contributed by atoms with E-state index in [0.29, 0.717) is 23.7 Å². The van der Waals surface area contributed by atoms with Crippen molar-refractivity contribution >= 4 is 23.3 Å². The number of carbonyl (C=O) groups excluding carboxylic acids is 2. The lowest BCUT2D eigenvalue weighted by molar-refractivity contribution is -0.118. The van der Waals surface area contributed by atoms with E-state index in [1.807, 2.05) is 13.0 Å². The minimum absolute atomic E-state index is 0.233. The fourth-order valence-electron chi connectivity index (χ4n) is 2.09. The van der Waals surface area contributed by atoms with Crippen LogP contribution in [0.15, 0.2) is 42.5 Å². The molecule has 0 spiro atoms. The number of esters is 1. The highest BCUT2D eigenvalue weighted by molar-refractivity contribution is 5.93. The van der Waals surface area contributed by atoms with Crippen LogP contribution in [0, 0.1) is 0 Å². The second-order valence-electron chi connectivity index (χ2n) is 5.01. The second kappa shape index (κ2) is 8.58. The first-order valence-electron chi connectivity index (χ1n) is 7.67. The van der Waals surface area contributed by atoms with Crippen molar-refractivity contribution in [3.63, 3.8) is 0 Å². The van der Waals surface area contributed by atoms with Gasteiger partial charge in [0, 0.05) is 0 Å². The van der Waals surface area contributed by atoms with Crippen LogP contribution in [0.3, 0.4) is 0 Å².